The van der Waals surface area contributed by atoms with E-state index < -0.39 is 0 Å². The van der Waals surface area contributed by atoms with Crippen molar-refractivity contribution < 1.29 is 4.79 Å². The van der Waals surface area contributed by atoms with Crippen molar-refractivity contribution in [3.05, 3.63) is 11.6 Å². The maximum absolute atomic E-state index is 11.2. The van der Waals surface area contributed by atoms with Crippen molar-refractivity contribution in [1.29, 1.82) is 0 Å². The van der Waals surface area contributed by atoms with Crippen molar-refractivity contribution in [1.82, 2.24) is 0 Å². The van der Waals surface area contributed by atoms with Gasteiger partial charge >= 0.3 is 0 Å². The van der Waals surface area contributed by atoms with Crippen molar-refractivity contribution in [2.24, 2.45) is 5.92 Å². The highest BCUT2D eigenvalue weighted by molar-refractivity contribution is 8.00. The lowest BCUT2D eigenvalue weighted by molar-refractivity contribution is -0.118. The Morgan fingerprint density at radius 2 is 2.31 bits per heavy atom. The number of Topliss-reactive ketones (excluding diaryl/α,β-unsaturated/α-hetero) is 1. The summed E-state index contributed by atoms with van der Waals surface area (Å²) in [5.74, 6) is 2.04. The van der Waals surface area contributed by atoms with Crippen molar-refractivity contribution >= 4 is 17.5 Å². The molecule has 1 rings (SSSR count). The van der Waals surface area contributed by atoms with Gasteiger partial charge in [0, 0.05) is 23.8 Å². The molecular weight excluding hydrogens is 180 g/mol. The molecule has 1 aliphatic rings. The van der Waals surface area contributed by atoms with Gasteiger partial charge < -0.3 is 0 Å². The summed E-state index contributed by atoms with van der Waals surface area (Å²) in [5.41, 5.74) is 1.41. The van der Waals surface area contributed by atoms with E-state index in [0.717, 1.165) is 18.6 Å². The number of carbonyl (C=O) groups is 1. The minimum Gasteiger partial charge on any atom is -0.300 e. The Labute approximate surface area is 85.0 Å². The van der Waals surface area contributed by atoms with E-state index in [0.29, 0.717) is 17.0 Å². The van der Waals surface area contributed by atoms with Crippen LogP contribution in [0, 0.1) is 5.92 Å². The quantitative estimate of drug-likeness (QED) is 0.634. The molecule has 1 nitrogen and oxygen atoms in total. The van der Waals surface area contributed by atoms with E-state index in [2.05, 4.69) is 26.8 Å². The number of allylic oxidation sites excluding steroid dienone is 1. The van der Waals surface area contributed by atoms with Gasteiger partial charge in [-0.15, -0.1) is 0 Å². The molecule has 0 spiro atoms. The van der Waals surface area contributed by atoms with Crippen molar-refractivity contribution in [2.75, 3.05) is 5.75 Å². The van der Waals surface area contributed by atoms with Crippen molar-refractivity contribution in [3.63, 3.8) is 0 Å². The first kappa shape index (κ1) is 10.8. The Morgan fingerprint density at radius 1 is 1.62 bits per heavy atom. The topological polar surface area (TPSA) is 17.1 Å². The molecule has 0 bridgehead atoms. The van der Waals surface area contributed by atoms with Crippen LogP contribution in [0.25, 0.3) is 0 Å². The summed E-state index contributed by atoms with van der Waals surface area (Å²) >= 11 is 1.92. The number of thioether (sulfide) groups is 1. The van der Waals surface area contributed by atoms with Gasteiger partial charge in [-0.05, 0) is 12.8 Å². The summed E-state index contributed by atoms with van der Waals surface area (Å²) in [7, 11) is 0. The molecule has 13 heavy (non-hydrogen) atoms. The lowest BCUT2D eigenvalue weighted by Gasteiger charge is -2.18. The third-order valence-corrected chi connectivity index (χ3v) is 3.67. The van der Waals surface area contributed by atoms with Crippen LogP contribution in [0.2, 0.25) is 0 Å². The maximum atomic E-state index is 11.2. The zero-order valence-electron chi connectivity index (χ0n) is 8.67. The third-order valence-electron chi connectivity index (χ3n) is 2.50. The summed E-state index contributed by atoms with van der Waals surface area (Å²) in [6.07, 6.45) is 3.79. The Bertz CT molecular complexity index is 218. The monoisotopic (exact) mass is 198 g/mol. The van der Waals surface area contributed by atoms with Crippen LogP contribution in [0.4, 0.5) is 0 Å². The summed E-state index contributed by atoms with van der Waals surface area (Å²) < 4.78 is 0. The van der Waals surface area contributed by atoms with E-state index in [1.54, 1.807) is 0 Å². The first-order chi connectivity index (χ1) is 6.09. The van der Waals surface area contributed by atoms with E-state index in [-0.39, 0.29) is 0 Å². The summed E-state index contributed by atoms with van der Waals surface area (Å²) in [6, 6.07) is 0. The number of hydrogen-bond acceptors (Lipinski definition) is 2. The SMILES string of the molecule is CC(=CC1CC(=O)CCS1)C(C)C. The molecule has 0 aromatic carbocycles. The van der Waals surface area contributed by atoms with Gasteiger partial charge in [-0.2, -0.15) is 11.8 Å². The minimum absolute atomic E-state index is 0.427. The number of ketones is 1. The molecule has 2 heteroatoms. The van der Waals surface area contributed by atoms with Crippen molar-refractivity contribution in [3.8, 4) is 0 Å². The zero-order chi connectivity index (χ0) is 9.84. The Morgan fingerprint density at radius 3 is 2.85 bits per heavy atom. The third kappa shape index (κ3) is 3.55. The van der Waals surface area contributed by atoms with Crippen LogP contribution in [-0.2, 0) is 4.79 Å². The number of hydrogen-bond donors (Lipinski definition) is 0. The van der Waals surface area contributed by atoms with E-state index in [1.807, 2.05) is 11.8 Å². The fourth-order valence-electron chi connectivity index (χ4n) is 1.30. The lowest BCUT2D eigenvalue weighted by Crippen LogP contribution is -2.16. The molecule has 1 saturated heterocycles. The Balaban J connectivity index is 2.52. The van der Waals surface area contributed by atoms with Gasteiger partial charge in [-0.1, -0.05) is 25.5 Å². The van der Waals surface area contributed by atoms with Crippen LogP contribution in [0.5, 0.6) is 0 Å². The molecule has 0 amide bonds. The van der Waals surface area contributed by atoms with Gasteiger partial charge in [0.05, 0.1) is 0 Å². The molecule has 0 saturated carbocycles. The second-order valence-corrected chi connectivity index (χ2v) is 5.31. The molecule has 0 aromatic heterocycles. The number of rotatable bonds is 2. The van der Waals surface area contributed by atoms with E-state index in [1.165, 1.54) is 5.57 Å². The van der Waals surface area contributed by atoms with Gasteiger partial charge in [0.15, 0.2) is 0 Å². The first-order valence-corrected chi connectivity index (χ1v) is 5.96. The molecule has 1 heterocycles. The van der Waals surface area contributed by atoms with Crippen LogP contribution >= 0.6 is 11.8 Å². The van der Waals surface area contributed by atoms with Crippen molar-refractivity contribution in [2.45, 2.75) is 38.9 Å². The highest BCUT2D eigenvalue weighted by Crippen LogP contribution is 2.26. The molecule has 74 valence electrons. The summed E-state index contributed by atoms with van der Waals surface area (Å²) in [6.45, 7) is 6.55. The normalized spacial score (nSPS) is 25.4. The highest BCUT2D eigenvalue weighted by atomic mass is 32.2. The van der Waals surface area contributed by atoms with Gasteiger partial charge in [0.25, 0.3) is 0 Å². The van der Waals surface area contributed by atoms with Crippen LogP contribution in [0.3, 0.4) is 0 Å². The lowest BCUT2D eigenvalue weighted by atomic mass is 10.0. The van der Waals surface area contributed by atoms with Crippen LogP contribution < -0.4 is 0 Å². The zero-order valence-corrected chi connectivity index (χ0v) is 9.49. The second-order valence-electron chi connectivity index (χ2n) is 3.97. The van der Waals surface area contributed by atoms with E-state index in [9.17, 15) is 4.79 Å². The molecule has 1 unspecified atom stereocenters. The Kier molecular flexibility index (Phi) is 4.04. The molecule has 0 aliphatic carbocycles. The molecule has 0 aromatic rings. The van der Waals surface area contributed by atoms with E-state index in [4.69, 9.17) is 0 Å². The Hall–Kier alpha value is -0.240. The summed E-state index contributed by atoms with van der Waals surface area (Å²) in [4.78, 5) is 11.2. The summed E-state index contributed by atoms with van der Waals surface area (Å²) in [5, 5.41) is 0.448. The predicted octanol–water partition coefficient (Wildman–Crippen LogP) is 3.05. The van der Waals surface area contributed by atoms with Crippen LogP contribution in [0.15, 0.2) is 11.6 Å². The average Bonchev–Trinajstić information content (AvgIpc) is 2.04. The predicted molar refractivity (Wildman–Crippen MR) is 59.1 cm³/mol. The van der Waals surface area contributed by atoms with Gasteiger partial charge in [0.2, 0.25) is 0 Å². The second kappa shape index (κ2) is 4.85. The highest BCUT2D eigenvalue weighted by Gasteiger charge is 2.18. The molecule has 0 radical (unpaired) electrons. The van der Waals surface area contributed by atoms with Gasteiger partial charge in [-0.3, -0.25) is 4.79 Å². The minimum atomic E-state index is 0.427. The molecule has 0 N–H and O–H groups in total. The largest absolute Gasteiger partial charge is 0.300 e. The maximum Gasteiger partial charge on any atom is 0.135 e. The number of carbonyl (C=O) groups excluding carboxylic acids is 1. The standard InChI is InChI=1S/C11H18OS/c1-8(2)9(3)6-11-7-10(12)4-5-13-11/h6,8,11H,4-5,7H2,1-3H3. The average molecular weight is 198 g/mol. The van der Waals surface area contributed by atoms with Gasteiger partial charge in [0.1, 0.15) is 5.78 Å². The van der Waals surface area contributed by atoms with Crippen LogP contribution in [-0.4, -0.2) is 16.8 Å². The smallest absolute Gasteiger partial charge is 0.135 e. The molecule has 1 aliphatic heterocycles. The fourth-order valence-corrected chi connectivity index (χ4v) is 2.57. The first-order valence-electron chi connectivity index (χ1n) is 4.91. The van der Waals surface area contributed by atoms with Crippen LogP contribution in [0.1, 0.15) is 33.6 Å². The van der Waals surface area contributed by atoms with E-state index >= 15 is 0 Å². The fraction of sp³-hybridized carbons (Fsp3) is 0.727. The molecule has 1 atom stereocenters. The molecular formula is C11H18OS. The van der Waals surface area contributed by atoms with Gasteiger partial charge in [-0.25, -0.2) is 0 Å². The molecule has 1 fully saturated rings.